The monoisotopic (exact) mass is 299 g/mol. The van der Waals surface area contributed by atoms with Crippen LogP contribution in [0.15, 0.2) is 24.3 Å². The van der Waals surface area contributed by atoms with Gasteiger partial charge in [0.25, 0.3) is 0 Å². The van der Waals surface area contributed by atoms with Crippen molar-refractivity contribution in [2.75, 3.05) is 50.3 Å². The second-order valence-corrected chi connectivity index (χ2v) is 6.59. The van der Waals surface area contributed by atoms with E-state index < -0.39 is 10.0 Å². The third-order valence-electron chi connectivity index (χ3n) is 3.23. The van der Waals surface area contributed by atoms with Crippen LogP contribution in [0.25, 0.3) is 0 Å². The first-order chi connectivity index (χ1) is 9.59. The number of nitrogens with one attached hydrogen (secondary N) is 2. The quantitative estimate of drug-likeness (QED) is 0.793. The number of hydrogen-bond acceptors (Lipinski definition) is 5. The highest BCUT2D eigenvalue weighted by Gasteiger charge is 2.15. The molecule has 2 N–H and O–H groups in total. The Balaban J connectivity index is 1.89. The molecule has 0 aromatic heterocycles. The van der Waals surface area contributed by atoms with Crippen LogP contribution in [0, 0.1) is 0 Å². The fourth-order valence-corrected chi connectivity index (χ4v) is 3.19. The van der Waals surface area contributed by atoms with Crippen molar-refractivity contribution in [1.82, 2.24) is 10.2 Å². The molecule has 2 rings (SSSR count). The first-order valence-electron chi connectivity index (χ1n) is 6.67. The zero-order chi connectivity index (χ0) is 14.4. The van der Waals surface area contributed by atoms with E-state index in [0.29, 0.717) is 18.0 Å². The van der Waals surface area contributed by atoms with Gasteiger partial charge in [-0.15, -0.1) is 0 Å². The average molecular weight is 299 g/mol. The summed E-state index contributed by atoms with van der Waals surface area (Å²) < 4.78 is 31.8. The van der Waals surface area contributed by atoms with E-state index in [1.54, 1.807) is 31.4 Å². The molecule has 0 atom stereocenters. The van der Waals surface area contributed by atoms with E-state index in [-0.39, 0.29) is 5.75 Å². The molecule has 0 spiro atoms. The molecule has 1 saturated heterocycles. The summed E-state index contributed by atoms with van der Waals surface area (Å²) in [5, 5.41) is 3.24. The molecule has 1 aromatic carbocycles. The fourth-order valence-electron chi connectivity index (χ4n) is 2.10. The van der Waals surface area contributed by atoms with E-state index in [9.17, 15) is 8.42 Å². The molecule has 1 heterocycles. The lowest BCUT2D eigenvalue weighted by Gasteiger charge is -2.26. The molecular weight excluding hydrogens is 278 g/mol. The van der Waals surface area contributed by atoms with Gasteiger partial charge in [0, 0.05) is 38.8 Å². The van der Waals surface area contributed by atoms with Gasteiger partial charge in [0.15, 0.2) is 0 Å². The highest BCUT2D eigenvalue weighted by molar-refractivity contribution is 7.92. The molecular formula is C13H21N3O3S. The number of hydrogen-bond donors (Lipinski definition) is 2. The number of nitrogens with zero attached hydrogens (tertiary/aromatic N) is 1. The predicted octanol–water partition coefficient (Wildman–Crippen LogP) is 0.342. The van der Waals surface area contributed by atoms with Gasteiger partial charge in [-0.25, -0.2) is 8.42 Å². The van der Waals surface area contributed by atoms with Gasteiger partial charge in [-0.2, -0.15) is 0 Å². The molecule has 20 heavy (non-hydrogen) atoms. The van der Waals surface area contributed by atoms with Crippen LogP contribution < -0.4 is 14.8 Å². The van der Waals surface area contributed by atoms with Crippen LogP contribution >= 0.6 is 0 Å². The summed E-state index contributed by atoms with van der Waals surface area (Å²) in [5.41, 5.74) is 0.532. The zero-order valence-electron chi connectivity index (χ0n) is 11.6. The van der Waals surface area contributed by atoms with E-state index in [0.717, 1.165) is 26.2 Å². The third-order valence-corrected chi connectivity index (χ3v) is 4.50. The number of benzene rings is 1. The lowest BCUT2D eigenvalue weighted by molar-refractivity contribution is 0.254. The molecule has 1 fully saturated rings. The highest BCUT2D eigenvalue weighted by atomic mass is 32.2. The number of rotatable bonds is 6. The Morgan fingerprint density at radius 3 is 2.80 bits per heavy atom. The Morgan fingerprint density at radius 1 is 1.35 bits per heavy atom. The van der Waals surface area contributed by atoms with Gasteiger partial charge in [0.2, 0.25) is 10.0 Å². The molecule has 0 unspecified atom stereocenters. The molecule has 1 aliphatic heterocycles. The number of piperazine rings is 1. The highest BCUT2D eigenvalue weighted by Crippen LogP contribution is 2.17. The summed E-state index contributed by atoms with van der Waals surface area (Å²) in [6.45, 7) is 4.19. The van der Waals surface area contributed by atoms with Crippen LogP contribution in [0.2, 0.25) is 0 Å². The maximum Gasteiger partial charge on any atom is 0.233 e. The van der Waals surface area contributed by atoms with Gasteiger partial charge in [-0.3, -0.25) is 9.62 Å². The number of anilines is 1. The average Bonchev–Trinajstić information content (AvgIpc) is 2.46. The maximum absolute atomic E-state index is 12.0. The van der Waals surface area contributed by atoms with E-state index >= 15 is 0 Å². The maximum atomic E-state index is 12.0. The zero-order valence-corrected chi connectivity index (χ0v) is 12.4. The number of sulfonamides is 1. The van der Waals surface area contributed by atoms with Crippen molar-refractivity contribution in [2.24, 2.45) is 0 Å². The van der Waals surface area contributed by atoms with E-state index in [1.165, 1.54) is 0 Å². The van der Waals surface area contributed by atoms with Gasteiger partial charge in [-0.1, -0.05) is 6.07 Å². The summed E-state index contributed by atoms with van der Waals surface area (Å²) >= 11 is 0. The van der Waals surface area contributed by atoms with Gasteiger partial charge in [0.1, 0.15) is 5.75 Å². The summed E-state index contributed by atoms with van der Waals surface area (Å²) in [5.74, 6) is 0.733. The molecule has 112 valence electrons. The second-order valence-electron chi connectivity index (χ2n) is 4.74. The molecule has 6 nitrogen and oxygen atoms in total. The summed E-state index contributed by atoms with van der Waals surface area (Å²) in [6, 6.07) is 6.92. The van der Waals surface area contributed by atoms with E-state index in [1.807, 2.05) is 0 Å². The molecule has 0 bridgehead atoms. The van der Waals surface area contributed by atoms with Gasteiger partial charge in [-0.05, 0) is 12.1 Å². The smallest absolute Gasteiger partial charge is 0.233 e. The van der Waals surface area contributed by atoms with E-state index in [2.05, 4.69) is 14.9 Å². The van der Waals surface area contributed by atoms with Crippen molar-refractivity contribution in [1.29, 1.82) is 0 Å². The minimum atomic E-state index is -3.33. The summed E-state index contributed by atoms with van der Waals surface area (Å²) in [4.78, 5) is 2.15. The Labute approximate surface area is 120 Å². The largest absolute Gasteiger partial charge is 0.497 e. The van der Waals surface area contributed by atoms with Gasteiger partial charge in [0.05, 0.1) is 18.6 Å². The van der Waals surface area contributed by atoms with Gasteiger partial charge >= 0.3 is 0 Å². The van der Waals surface area contributed by atoms with Crippen LogP contribution in [0.1, 0.15) is 0 Å². The first kappa shape index (κ1) is 15.1. The summed E-state index contributed by atoms with van der Waals surface area (Å²) in [6.07, 6.45) is 0. The normalized spacial score (nSPS) is 16.9. The minimum absolute atomic E-state index is 0.101. The second kappa shape index (κ2) is 6.92. The lowest BCUT2D eigenvalue weighted by atomic mass is 10.3. The molecule has 0 radical (unpaired) electrons. The Bertz CT molecular complexity index is 527. The van der Waals surface area contributed by atoms with Crippen molar-refractivity contribution < 1.29 is 13.2 Å². The first-order valence-corrected chi connectivity index (χ1v) is 8.32. The Kier molecular flexibility index (Phi) is 5.22. The van der Waals surface area contributed by atoms with Crippen molar-refractivity contribution >= 4 is 15.7 Å². The third kappa shape index (κ3) is 4.66. The lowest BCUT2D eigenvalue weighted by Crippen LogP contribution is -2.45. The van der Waals surface area contributed by atoms with Crippen molar-refractivity contribution in [2.45, 2.75) is 0 Å². The predicted molar refractivity (Wildman–Crippen MR) is 79.7 cm³/mol. The van der Waals surface area contributed by atoms with Crippen molar-refractivity contribution in [3.8, 4) is 5.75 Å². The molecule has 0 aliphatic carbocycles. The van der Waals surface area contributed by atoms with Crippen LogP contribution in [0.3, 0.4) is 0 Å². The standard InChI is InChI=1S/C13H21N3O3S/c1-19-13-4-2-3-12(11-13)15-20(17,18)10-9-16-7-5-14-6-8-16/h2-4,11,14-15H,5-10H2,1H3. The van der Waals surface area contributed by atoms with Crippen molar-refractivity contribution in [3.05, 3.63) is 24.3 Å². The summed E-state index contributed by atoms with van der Waals surface area (Å²) in [7, 11) is -1.77. The topological polar surface area (TPSA) is 70.7 Å². The van der Waals surface area contributed by atoms with Crippen LogP contribution in [-0.4, -0.2) is 58.9 Å². The SMILES string of the molecule is COc1cccc(NS(=O)(=O)CCN2CCNCC2)c1. The number of methoxy groups -OCH3 is 1. The number of ether oxygens (including phenoxy) is 1. The van der Waals surface area contributed by atoms with Gasteiger partial charge < -0.3 is 10.1 Å². The molecule has 7 heteroatoms. The van der Waals surface area contributed by atoms with Crippen LogP contribution in [0.4, 0.5) is 5.69 Å². The Morgan fingerprint density at radius 2 is 2.10 bits per heavy atom. The fraction of sp³-hybridized carbons (Fsp3) is 0.538. The van der Waals surface area contributed by atoms with Crippen molar-refractivity contribution in [3.63, 3.8) is 0 Å². The van der Waals surface area contributed by atoms with Crippen LogP contribution in [0.5, 0.6) is 5.75 Å². The molecule has 0 saturated carbocycles. The Hall–Kier alpha value is -1.31. The van der Waals surface area contributed by atoms with Crippen LogP contribution in [-0.2, 0) is 10.0 Å². The molecule has 0 amide bonds. The van der Waals surface area contributed by atoms with E-state index in [4.69, 9.17) is 4.74 Å². The minimum Gasteiger partial charge on any atom is -0.497 e. The molecule has 1 aliphatic rings. The molecule has 1 aromatic rings.